The Hall–Kier alpha value is -1.79. The van der Waals surface area contributed by atoms with E-state index >= 15 is 0 Å². The van der Waals surface area contributed by atoms with Crippen molar-refractivity contribution in [2.75, 3.05) is 12.3 Å². The zero-order valence-corrected chi connectivity index (χ0v) is 12.0. The number of aliphatic hydroxyl groups is 2. The molecule has 4 unspecified atom stereocenters. The van der Waals surface area contributed by atoms with Crippen LogP contribution < -0.4 is 5.73 Å². The van der Waals surface area contributed by atoms with Gasteiger partial charge in [0.05, 0.1) is 28.5 Å². The van der Waals surface area contributed by atoms with Crippen molar-refractivity contribution >= 4 is 28.1 Å². The average Bonchev–Trinajstić information content (AvgIpc) is 3.03. The van der Waals surface area contributed by atoms with Crippen LogP contribution in [0.4, 0.5) is 5.82 Å². The van der Waals surface area contributed by atoms with Crippen molar-refractivity contribution in [2.24, 2.45) is 5.92 Å². The van der Waals surface area contributed by atoms with Gasteiger partial charge in [-0.2, -0.15) is 5.26 Å². The number of ether oxygens (including phenoxy) is 1. The molecule has 3 rings (SSSR count). The number of fused-ring (bicyclic) bond motifs is 1. The van der Waals surface area contributed by atoms with Gasteiger partial charge in [-0.25, -0.2) is 9.97 Å². The Bertz CT molecular complexity index is 728. The van der Waals surface area contributed by atoms with Crippen LogP contribution in [0, 0.1) is 17.2 Å². The Morgan fingerprint density at radius 2 is 2.33 bits per heavy atom. The van der Waals surface area contributed by atoms with E-state index in [4.69, 9.17) is 10.5 Å². The summed E-state index contributed by atoms with van der Waals surface area (Å²) in [4.78, 5) is 8.70. The highest BCUT2D eigenvalue weighted by atomic mass is 32.1. The molecule has 0 spiro atoms. The molecule has 21 heavy (non-hydrogen) atoms. The number of hydrogen-bond acceptors (Lipinski definition) is 8. The molecule has 8 heteroatoms. The van der Waals surface area contributed by atoms with Crippen molar-refractivity contribution in [2.45, 2.75) is 24.7 Å². The summed E-state index contributed by atoms with van der Waals surface area (Å²) in [5, 5.41) is 31.6. The van der Waals surface area contributed by atoms with Crippen LogP contribution >= 0.6 is 11.3 Å². The molecule has 4 atom stereocenters. The topological polar surface area (TPSA) is 125 Å². The lowest BCUT2D eigenvalue weighted by atomic mass is 9.85. The third-order valence-electron chi connectivity index (χ3n) is 3.98. The monoisotopic (exact) mass is 306 g/mol. The van der Waals surface area contributed by atoms with Gasteiger partial charge in [0.15, 0.2) is 5.60 Å². The minimum absolute atomic E-state index is 0.334. The second-order valence-electron chi connectivity index (χ2n) is 5.05. The van der Waals surface area contributed by atoms with Crippen LogP contribution in [0.3, 0.4) is 0 Å². The molecule has 0 aliphatic carbocycles. The van der Waals surface area contributed by atoms with Gasteiger partial charge in [-0.3, -0.25) is 0 Å². The van der Waals surface area contributed by atoms with Gasteiger partial charge in [-0.15, -0.1) is 11.3 Å². The number of rotatable bonds is 2. The van der Waals surface area contributed by atoms with Crippen LogP contribution in [0.1, 0.15) is 11.8 Å². The summed E-state index contributed by atoms with van der Waals surface area (Å²) in [7, 11) is 0. The second-order valence-corrected chi connectivity index (χ2v) is 5.93. The molecule has 0 amide bonds. The SMILES string of the molecule is CC1C(O)C(CO)OC1(C#N)c1scc2c(N)ncnc12. The maximum absolute atomic E-state index is 10.2. The fraction of sp³-hybridized carbons (Fsp3) is 0.462. The van der Waals surface area contributed by atoms with Gasteiger partial charge in [0, 0.05) is 11.3 Å². The highest BCUT2D eigenvalue weighted by Gasteiger charge is 2.55. The van der Waals surface area contributed by atoms with E-state index in [1.807, 2.05) is 0 Å². The van der Waals surface area contributed by atoms with Crippen molar-refractivity contribution in [3.05, 3.63) is 16.6 Å². The molecule has 2 aromatic rings. The molecule has 4 N–H and O–H groups in total. The number of anilines is 1. The summed E-state index contributed by atoms with van der Waals surface area (Å²) in [5.74, 6) is -0.168. The van der Waals surface area contributed by atoms with Gasteiger partial charge in [-0.1, -0.05) is 6.92 Å². The normalized spacial score (nSPS) is 32.4. The molecule has 0 aromatic carbocycles. The Morgan fingerprint density at radius 3 is 2.95 bits per heavy atom. The quantitative estimate of drug-likeness (QED) is 0.732. The maximum Gasteiger partial charge on any atom is 0.196 e. The average molecular weight is 306 g/mol. The van der Waals surface area contributed by atoms with E-state index in [9.17, 15) is 15.5 Å². The third kappa shape index (κ3) is 1.82. The highest BCUT2D eigenvalue weighted by Crippen LogP contribution is 2.48. The van der Waals surface area contributed by atoms with Crippen LogP contribution in [0.5, 0.6) is 0 Å². The van der Waals surface area contributed by atoms with Crippen molar-refractivity contribution in [3.63, 3.8) is 0 Å². The molecule has 0 bridgehead atoms. The Kier molecular flexibility index (Phi) is 3.30. The van der Waals surface area contributed by atoms with E-state index < -0.39 is 23.7 Å². The van der Waals surface area contributed by atoms with Crippen LogP contribution in [0.2, 0.25) is 0 Å². The largest absolute Gasteiger partial charge is 0.394 e. The Labute approximate surface area is 124 Å². The molecular weight excluding hydrogens is 292 g/mol. The van der Waals surface area contributed by atoms with E-state index in [2.05, 4.69) is 16.0 Å². The summed E-state index contributed by atoms with van der Waals surface area (Å²) in [6.45, 7) is 1.37. The molecule has 1 aliphatic heterocycles. The zero-order chi connectivity index (χ0) is 15.2. The Balaban J connectivity index is 2.20. The fourth-order valence-electron chi connectivity index (χ4n) is 2.71. The molecule has 1 aliphatic rings. The molecule has 1 fully saturated rings. The number of hydrogen-bond donors (Lipinski definition) is 3. The van der Waals surface area contributed by atoms with Crippen molar-refractivity contribution in [1.29, 1.82) is 5.26 Å². The molecular formula is C13H14N4O3S. The minimum atomic E-state index is -1.35. The number of aliphatic hydroxyl groups excluding tert-OH is 2. The first-order valence-electron chi connectivity index (χ1n) is 6.41. The van der Waals surface area contributed by atoms with E-state index in [1.165, 1.54) is 17.7 Å². The van der Waals surface area contributed by atoms with Gasteiger partial charge >= 0.3 is 0 Å². The molecule has 7 nitrogen and oxygen atoms in total. The molecule has 110 valence electrons. The molecule has 2 aromatic heterocycles. The van der Waals surface area contributed by atoms with E-state index in [0.29, 0.717) is 21.6 Å². The summed E-state index contributed by atoms with van der Waals surface area (Å²) >= 11 is 1.29. The number of nitriles is 1. The first-order chi connectivity index (χ1) is 10.0. The first-order valence-corrected chi connectivity index (χ1v) is 7.29. The Morgan fingerprint density at radius 1 is 1.57 bits per heavy atom. The number of nitrogens with two attached hydrogens (primary N) is 1. The number of aromatic nitrogens is 2. The number of nitrogens with zero attached hydrogens (tertiary/aromatic N) is 3. The van der Waals surface area contributed by atoms with Crippen LogP contribution in [-0.4, -0.2) is 39.0 Å². The lowest BCUT2D eigenvalue weighted by Gasteiger charge is -2.24. The summed E-state index contributed by atoms with van der Waals surface area (Å²) in [6.07, 6.45) is -0.389. The van der Waals surface area contributed by atoms with Gasteiger partial charge in [-0.05, 0) is 0 Å². The minimum Gasteiger partial charge on any atom is -0.394 e. The van der Waals surface area contributed by atoms with Gasteiger partial charge in [0.1, 0.15) is 24.3 Å². The van der Waals surface area contributed by atoms with Crippen LogP contribution in [-0.2, 0) is 10.3 Å². The second kappa shape index (κ2) is 4.89. The lowest BCUT2D eigenvalue weighted by molar-refractivity contribution is -0.0501. The van der Waals surface area contributed by atoms with Crippen molar-refractivity contribution < 1.29 is 14.9 Å². The van der Waals surface area contributed by atoms with Crippen LogP contribution in [0.15, 0.2) is 11.7 Å². The maximum atomic E-state index is 10.2. The molecule has 0 saturated carbocycles. The fourth-order valence-corrected chi connectivity index (χ4v) is 3.90. The summed E-state index contributed by atoms with van der Waals surface area (Å²) in [6, 6.07) is 2.15. The van der Waals surface area contributed by atoms with Gasteiger partial charge in [0.2, 0.25) is 0 Å². The summed E-state index contributed by atoms with van der Waals surface area (Å²) in [5.41, 5.74) is 5.01. The van der Waals surface area contributed by atoms with Gasteiger partial charge in [0.25, 0.3) is 0 Å². The van der Waals surface area contributed by atoms with Gasteiger partial charge < -0.3 is 20.7 Å². The van der Waals surface area contributed by atoms with Crippen molar-refractivity contribution in [3.8, 4) is 6.07 Å². The third-order valence-corrected chi connectivity index (χ3v) is 5.07. The molecule has 3 heterocycles. The molecule has 0 radical (unpaired) electrons. The van der Waals surface area contributed by atoms with E-state index in [-0.39, 0.29) is 6.61 Å². The highest BCUT2D eigenvalue weighted by molar-refractivity contribution is 7.11. The predicted octanol–water partition coefficient (Wildman–Crippen LogP) is 0.380. The standard InChI is InChI=1S/C13H14N4O3S/c1-6-10(19)8(2-18)20-13(6,4-14)11-9-7(3-21-11)12(15)17-5-16-9/h3,5-6,8,10,18-19H,2H2,1H3,(H2,15,16,17). The number of thiophene rings is 1. The van der Waals surface area contributed by atoms with E-state index in [1.54, 1.807) is 12.3 Å². The lowest BCUT2D eigenvalue weighted by Crippen LogP contribution is -2.32. The summed E-state index contributed by atoms with van der Waals surface area (Å²) < 4.78 is 5.71. The predicted molar refractivity (Wildman–Crippen MR) is 76.2 cm³/mol. The van der Waals surface area contributed by atoms with Crippen LogP contribution in [0.25, 0.3) is 10.9 Å². The molecule has 1 saturated heterocycles. The smallest absolute Gasteiger partial charge is 0.196 e. The van der Waals surface area contributed by atoms with Crippen molar-refractivity contribution in [1.82, 2.24) is 9.97 Å². The van der Waals surface area contributed by atoms with E-state index in [0.717, 1.165) is 0 Å². The zero-order valence-electron chi connectivity index (χ0n) is 11.2. The first kappa shape index (κ1) is 14.2. The number of nitrogen functional groups attached to an aromatic ring is 1.